The Hall–Kier alpha value is -1.10. The Kier molecular flexibility index (Phi) is 7.16. The Morgan fingerprint density at radius 2 is 2.05 bits per heavy atom. The molecule has 1 aromatic rings. The van der Waals surface area contributed by atoms with E-state index in [1.54, 1.807) is 14.2 Å². The molecule has 22 heavy (non-hydrogen) atoms. The Bertz CT molecular complexity index is 439. The predicted octanol–water partition coefficient (Wildman–Crippen LogP) is 2.63. The highest BCUT2D eigenvalue weighted by Crippen LogP contribution is 2.21. The summed E-state index contributed by atoms with van der Waals surface area (Å²) < 4.78 is 10.8. The van der Waals surface area contributed by atoms with Crippen molar-refractivity contribution < 1.29 is 9.47 Å². The number of rotatable bonds is 8. The van der Waals surface area contributed by atoms with Crippen molar-refractivity contribution in [1.82, 2.24) is 9.80 Å². The van der Waals surface area contributed by atoms with Crippen molar-refractivity contribution in [3.05, 3.63) is 29.8 Å². The lowest BCUT2D eigenvalue weighted by molar-refractivity contribution is 0.0966. The molecule has 1 fully saturated rings. The molecule has 0 bridgehead atoms. The SMILES string of the molecule is COCCN(Cc1ccccc1OC)CC1CCCCN1C. The van der Waals surface area contributed by atoms with Crippen LogP contribution in [0.4, 0.5) is 0 Å². The van der Waals surface area contributed by atoms with Gasteiger partial charge >= 0.3 is 0 Å². The van der Waals surface area contributed by atoms with Gasteiger partial charge in [0.15, 0.2) is 0 Å². The summed E-state index contributed by atoms with van der Waals surface area (Å²) in [5.74, 6) is 0.974. The molecule has 0 N–H and O–H groups in total. The molecule has 1 aliphatic rings. The topological polar surface area (TPSA) is 24.9 Å². The summed E-state index contributed by atoms with van der Waals surface area (Å²) in [6.45, 7) is 4.96. The quantitative estimate of drug-likeness (QED) is 0.737. The largest absolute Gasteiger partial charge is 0.496 e. The van der Waals surface area contributed by atoms with Crippen LogP contribution in [-0.4, -0.2) is 63.4 Å². The lowest BCUT2D eigenvalue weighted by atomic mass is 10.0. The molecule has 4 nitrogen and oxygen atoms in total. The van der Waals surface area contributed by atoms with Crippen molar-refractivity contribution in [1.29, 1.82) is 0 Å². The van der Waals surface area contributed by atoms with Gasteiger partial charge in [0.1, 0.15) is 5.75 Å². The molecule has 4 heteroatoms. The van der Waals surface area contributed by atoms with Gasteiger partial charge in [0.05, 0.1) is 13.7 Å². The fraction of sp³-hybridized carbons (Fsp3) is 0.667. The highest BCUT2D eigenvalue weighted by Gasteiger charge is 2.22. The highest BCUT2D eigenvalue weighted by atomic mass is 16.5. The van der Waals surface area contributed by atoms with Crippen molar-refractivity contribution >= 4 is 0 Å². The van der Waals surface area contributed by atoms with Crippen LogP contribution in [0.5, 0.6) is 5.75 Å². The van der Waals surface area contributed by atoms with E-state index in [4.69, 9.17) is 9.47 Å². The average molecular weight is 306 g/mol. The first kappa shape index (κ1) is 17.3. The van der Waals surface area contributed by atoms with Gasteiger partial charge in [0.2, 0.25) is 0 Å². The molecule has 1 aliphatic heterocycles. The summed E-state index contributed by atoms with van der Waals surface area (Å²) in [7, 11) is 5.77. The number of para-hydroxylation sites is 1. The van der Waals surface area contributed by atoms with E-state index in [0.717, 1.165) is 32.0 Å². The first-order valence-corrected chi connectivity index (χ1v) is 8.28. The maximum atomic E-state index is 5.49. The molecule has 0 saturated carbocycles. The molecule has 0 aliphatic carbocycles. The average Bonchev–Trinajstić information content (AvgIpc) is 2.55. The number of piperidine rings is 1. The minimum absolute atomic E-state index is 0.653. The lowest BCUT2D eigenvalue weighted by Crippen LogP contribution is -2.45. The van der Waals surface area contributed by atoms with Crippen LogP contribution in [0.25, 0.3) is 0 Å². The summed E-state index contributed by atoms with van der Waals surface area (Å²) in [5, 5.41) is 0. The maximum Gasteiger partial charge on any atom is 0.123 e. The summed E-state index contributed by atoms with van der Waals surface area (Å²) in [4.78, 5) is 5.00. The molecule has 1 heterocycles. The molecular formula is C18H30N2O2. The fourth-order valence-corrected chi connectivity index (χ4v) is 3.20. The molecule has 1 atom stereocenters. The van der Waals surface area contributed by atoms with Crippen LogP contribution < -0.4 is 4.74 Å². The third kappa shape index (κ3) is 4.97. The van der Waals surface area contributed by atoms with E-state index in [1.807, 2.05) is 12.1 Å². The highest BCUT2D eigenvalue weighted by molar-refractivity contribution is 5.33. The van der Waals surface area contributed by atoms with E-state index in [2.05, 4.69) is 29.0 Å². The van der Waals surface area contributed by atoms with Crippen molar-refractivity contribution in [3.8, 4) is 5.75 Å². The summed E-state index contributed by atoms with van der Waals surface area (Å²) in [5.41, 5.74) is 1.25. The van der Waals surface area contributed by atoms with Crippen LogP contribution in [-0.2, 0) is 11.3 Å². The molecule has 0 radical (unpaired) electrons. The van der Waals surface area contributed by atoms with Crippen LogP contribution in [0.2, 0.25) is 0 Å². The van der Waals surface area contributed by atoms with Gasteiger partial charge in [-0.25, -0.2) is 0 Å². The van der Waals surface area contributed by atoms with E-state index >= 15 is 0 Å². The Balaban J connectivity index is 2.01. The molecule has 1 saturated heterocycles. The number of hydrogen-bond donors (Lipinski definition) is 0. The first-order chi connectivity index (χ1) is 10.7. The summed E-state index contributed by atoms with van der Waals surface area (Å²) in [6, 6.07) is 8.95. The molecule has 1 unspecified atom stereocenters. The molecular weight excluding hydrogens is 276 g/mol. The molecule has 0 spiro atoms. The Morgan fingerprint density at radius 3 is 2.77 bits per heavy atom. The lowest BCUT2D eigenvalue weighted by Gasteiger charge is -2.36. The van der Waals surface area contributed by atoms with Crippen molar-refractivity contribution in [2.24, 2.45) is 0 Å². The zero-order chi connectivity index (χ0) is 15.8. The smallest absolute Gasteiger partial charge is 0.123 e. The van der Waals surface area contributed by atoms with Crippen molar-refractivity contribution in [2.45, 2.75) is 31.8 Å². The van der Waals surface area contributed by atoms with Crippen LogP contribution in [0.3, 0.4) is 0 Å². The number of likely N-dealkylation sites (N-methyl/N-ethyl adjacent to an activating group) is 1. The number of benzene rings is 1. The van der Waals surface area contributed by atoms with Gasteiger partial charge in [-0.1, -0.05) is 24.6 Å². The second-order valence-electron chi connectivity index (χ2n) is 6.17. The Labute approximate surface area is 135 Å². The van der Waals surface area contributed by atoms with Gasteiger partial charge in [-0.15, -0.1) is 0 Å². The number of hydrogen-bond acceptors (Lipinski definition) is 4. The molecule has 0 aromatic heterocycles. The first-order valence-electron chi connectivity index (χ1n) is 8.28. The molecule has 1 aromatic carbocycles. The van der Waals surface area contributed by atoms with Gasteiger partial charge in [0, 0.05) is 38.3 Å². The second-order valence-corrected chi connectivity index (χ2v) is 6.17. The minimum Gasteiger partial charge on any atom is -0.496 e. The molecule has 124 valence electrons. The van der Waals surface area contributed by atoms with Crippen molar-refractivity contribution in [2.75, 3.05) is 47.5 Å². The van der Waals surface area contributed by atoms with Crippen LogP contribution in [0.15, 0.2) is 24.3 Å². The number of nitrogens with zero attached hydrogens (tertiary/aromatic N) is 2. The monoisotopic (exact) mass is 306 g/mol. The van der Waals surface area contributed by atoms with E-state index in [9.17, 15) is 0 Å². The maximum absolute atomic E-state index is 5.49. The van der Waals surface area contributed by atoms with Crippen LogP contribution in [0.1, 0.15) is 24.8 Å². The zero-order valence-electron chi connectivity index (χ0n) is 14.3. The summed E-state index contributed by atoms with van der Waals surface area (Å²) in [6.07, 6.45) is 3.98. The minimum atomic E-state index is 0.653. The van der Waals surface area contributed by atoms with Gasteiger partial charge in [-0.05, 0) is 32.5 Å². The predicted molar refractivity (Wildman–Crippen MR) is 90.4 cm³/mol. The van der Waals surface area contributed by atoms with Gasteiger partial charge < -0.3 is 14.4 Å². The summed E-state index contributed by atoms with van der Waals surface area (Å²) >= 11 is 0. The van der Waals surface area contributed by atoms with E-state index < -0.39 is 0 Å². The third-order valence-corrected chi connectivity index (χ3v) is 4.59. The van der Waals surface area contributed by atoms with Crippen LogP contribution in [0, 0.1) is 0 Å². The fourth-order valence-electron chi connectivity index (χ4n) is 3.20. The number of likely N-dealkylation sites (tertiary alicyclic amines) is 1. The number of ether oxygens (including phenoxy) is 2. The van der Waals surface area contributed by atoms with E-state index in [0.29, 0.717) is 6.04 Å². The van der Waals surface area contributed by atoms with Gasteiger partial charge in [-0.3, -0.25) is 4.90 Å². The number of methoxy groups -OCH3 is 2. The van der Waals surface area contributed by atoms with E-state index in [-0.39, 0.29) is 0 Å². The molecule has 2 rings (SSSR count). The van der Waals surface area contributed by atoms with Gasteiger partial charge in [0.25, 0.3) is 0 Å². The van der Waals surface area contributed by atoms with Crippen LogP contribution >= 0.6 is 0 Å². The van der Waals surface area contributed by atoms with E-state index in [1.165, 1.54) is 31.4 Å². The van der Waals surface area contributed by atoms with Crippen molar-refractivity contribution in [3.63, 3.8) is 0 Å². The second kappa shape index (κ2) is 9.13. The Morgan fingerprint density at radius 1 is 1.23 bits per heavy atom. The standard InChI is InChI=1S/C18H30N2O2/c1-19-11-7-6-9-17(19)15-20(12-13-21-2)14-16-8-4-5-10-18(16)22-3/h4-5,8,10,17H,6-7,9,11-15H2,1-3H3. The third-order valence-electron chi connectivity index (χ3n) is 4.59. The zero-order valence-corrected chi connectivity index (χ0v) is 14.3. The molecule has 0 amide bonds. The van der Waals surface area contributed by atoms with Gasteiger partial charge in [-0.2, -0.15) is 0 Å². The normalized spacial score (nSPS) is 19.5.